The molecule has 0 radical (unpaired) electrons. The Labute approximate surface area is 133 Å². The Hall–Kier alpha value is -1.55. The molecule has 2 aromatic carbocycles. The van der Waals surface area contributed by atoms with Crippen molar-refractivity contribution in [3.63, 3.8) is 0 Å². The Morgan fingerprint density at radius 2 is 1.95 bits per heavy atom. The molecular weight excluding hydrogens is 333 g/mol. The molecule has 0 heterocycles. The van der Waals surface area contributed by atoms with E-state index in [0.29, 0.717) is 6.54 Å². The molecule has 2 nitrogen and oxygen atoms in total. The lowest BCUT2D eigenvalue weighted by atomic mass is 10.1. The maximum absolute atomic E-state index is 13.3. The molecule has 0 saturated heterocycles. The Morgan fingerprint density at radius 1 is 1.19 bits per heavy atom. The first-order valence-corrected chi connectivity index (χ1v) is 7.70. The van der Waals surface area contributed by atoms with E-state index >= 15 is 0 Å². The fourth-order valence-electron chi connectivity index (χ4n) is 2.05. The molecular formula is C17H19BrFNO. The first-order chi connectivity index (χ1) is 9.95. The highest BCUT2D eigenvalue weighted by Gasteiger charge is 2.05. The molecule has 0 atom stereocenters. The Bertz CT molecular complexity index is 628. The third-order valence-electron chi connectivity index (χ3n) is 3.05. The van der Waals surface area contributed by atoms with Crippen molar-refractivity contribution >= 4 is 21.6 Å². The molecule has 112 valence electrons. The van der Waals surface area contributed by atoms with Gasteiger partial charge in [-0.2, -0.15) is 0 Å². The predicted octanol–water partition coefficient (Wildman–Crippen LogP) is 5.30. The quantitative estimate of drug-likeness (QED) is 0.789. The van der Waals surface area contributed by atoms with Crippen molar-refractivity contribution in [2.75, 3.05) is 5.32 Å². The summed E-state index contributed by atoms with van der Waals surface area (Å²) in [5, 5.41) is 3.33. The Balaban J connectivity index is 2.08. The van der Waals surface area contributed by atoms with Gasteiger partial charge in [-0.25, -0.2) is 4.39 Å². The lowest BCUT2D eigenvalue weighted by molar-refractivity contribution is 0.242. The van der Waals surface area contributed by atoms with E-state index in [4.69, 9.17) is 4.74 Å². The highest BCUT2D eigenvalue weighted by molar-refractivity contribution is 9.10. The minimum absolute atomic E-state index is 0.159. The van der Waals surface area contributed by atoms with Crippen LogP contribution in [0, 0.1) is 12.7 Å². The number of hydrogen-bond acceptors (Lipinski definition) is 2. The molecule has 4 heteroatoms. The lowest BCUT2D eigenvalue weighted by Gasteiger charge is -2.14. The van der Waals surface area contributed by atoms with Gasteiger partial charge in [-0.1, -0.05) is 15.9 Å². The molecule has 0 saturated carbocycles. The zero-order valence-electron chi connectivity index (χ0n) is 12.4. The molecule has 2 rings (SSSR count). The lowest BCUT2D eigenvalue weighted by Crippen LogP contribution is -2.06. The molecule has 0 aliphatic heterocycles. The van der Waals surface area contributed by atoms with Crippen molar-refractivity contribution in [3.8, 4) is 5.75 Å². The van der Waals surface area contributed by atoms with Crippen LogP contribution in [0.1, 0.15) is 25.0 Å². The van der Waals surface area contributed by atoms with E-state index in [2.05, 4.69) is 21.2 Å². The van der Waals surface area contributed by atoms with Crippen LogP contribution < -0.4 is 10.1 Å². The summed E-state index contributed by atoms with van der Waals surface area (Å²) >= 11 is 3.43. The van der Waals surface area contributed by atoms with Crippen LogP contribution in [-0.2, 0) is 6.54 Å². The molecule has 0 fully saturated rings. The second kappa shape index (κ2) is 6.94. The topological polar surface area (TPSA) is 21.3 Å². The summed E-state index contributed by atoms with van der Waals surface area (Å²) in [5.74, 6) is 0.632. The van der Waals surface area contributed by atoms with Gasteiger partial charge in [-0.05, 0) is 68.3 Å². The summed E-state index contributed by atoms with van der Waals surface area (Å²) in [6, 6.07) is 10.6. The minimum atomic E-state index is -0.229. The van der Waals surface area contributed by atoms with Crippen molar-refractivity contribution in [3.05, 3.63) is 57.8 Å². The van der Waals surface area contributed by atoms with Gasteiger partial charge in [-0.3, -0.25) is 0 Å². The van der Waals surface area contributed by atoms with Gasteiger partial charge in [0.1, 0.15) is 11.6 Å². The third kappa shape index (κ3) is 4.46. The second-order valence-electron chi connectivity index (χ2n) is 5.23. The van der Waals surface area contributed by atoms with Gasteiger partial charge in [0.25, 0.3) is 0 Å². The molecule has 0 aliphatic rings. The van der Waals surface area contributed by atoms with Crippen molar-refractivity contribution in [2.45, 2.75) is 33.4 Å². The molecule has 0 aliphatic carbocycles. The van der Waals surface area contributed by atoms with Crippen molar-refractivity contribution in [1.29, 1.82) is 0 Å². The normalized spacial score (nSPS) is 10.8. The number of rotatable bonds is 5. The highest BCUT2D eigenvalue weighted by Crippen LogP contribution is 2.24. The summed E-state index contributed by atoms with van der Waals surface area (Å²) in [6.07, 6.45) is 0.159. The average molecular weight is 352 g/mol. The minimum Gasteiger partial charge on any atom is -0.491 e. The van der Waals surface area contributed by atoms with Crippen LogP contribution in [0.15, 0.2) is 40.9 Å². The van der Waals surface area contributed by atoms with Gasteiger partial charge < -0.3 is 10.1 Å². The molecule has 0 aromatic heterocycles. The number of nitrogens with one attached hydrogen (secondary N) is 1. The van der Waals surface area contributed by atoms with E-state index in [-0.39, 0.29) is 11.9 Å². The van der Waals surface area contributed by atoms with Crippen LogP contribution in [0.25, 0.3) is 0 Å². The molecule has 1 N–H and O–H groups in total. The van der Waals surface area contributed by atoms with Crippen LogP contribution in [-0.4, -0.2) is 6.10 Å². The third-order valence-corrected chi connectivity index (χ3v) is 3.82. The standard InChI is InChI=1S/C17H19BrFNO/c1-11(2)21-15-5-7-17(12(3)8-15)20-10-13-9-14(19)4-6-16(13)18/h4-9,11,20H,10H2,1-3H3. The SMILES string of the molecule is Cc1cc(OC(C)C)ccc1NCc1cc(F)ccc1Br. The number of hydrogen-bond donors (Lipinski definition) is 1. The second-order valence-corrected chi connectivity index (χ2v) is 6.09. The van der Waals surface area contributed by atoms with Crippen LogP contribution >= 0.6 is 15.9 Å². The largest absolute Gasteiger partial charge is 0.491 e. The summed E-state index contributed by atoms with van der Waals surface area (Å²) in [4.78, 5) is 0. The van der Waals surface area contributed by atoms with Gasteiger partial charge in [-0.15, -0.1) is 0 Å². The number of benzene rings is 2. The van der Waals surface area contributed by atoms with Crippen LogP contribution in [0.2, 0.25) is 0 Å². The maximum atomic E-state index is 13.3. The van der Waals surface area contributed by atoms with Gasteiger partial charge in [0, 0.05) is 16.7 Å². The monoisotopic (exact) mass is 351 g/mol. The number of ether oxygens (including phenoxy) is 1. The summed E-state index contributed by atoms with van der Waals surface area (Å²) in [5.41, 5.74) is 3.00. The first kappa shape index (κ1) is 15.8. The Kier molecular flexibility index (Phi) is 5.23. The maximum Gasteiger partial charge on any atom is 0.123 e. The number of anilines is 1. The van der Waals surface area contributed by atoms with Gasteiger partial charge in [0.05, 0.1) is 6.10 Å². The van der Waals surface area contributed by atoms with Crippen LogP contribution in [0.4, 0.5) is 10.1 Å². The van der Waals surface area contributed by atoms with Crippen LogP contribution in [0.5, 0.6) is 5.75 Å². The van der Waals surface area contributed by atoms with Crippen molar-refractivity contribution in [2.24, 2.45) is 0 Å². The van der Waals surface area contributed by atoms with E-state index in [1.807, 2.05) is 39.0 Å². The number of halogens is 2. The fraction of sp³-hybridized carbons (Fsp3) is 0.294. The smallest absolute Gasteiger partial charge is 0.123 e. The molecule has 2 aromatic rings. The van der Waals surface area contributed by atoms with Crippen molar-refractivity contribution in [1.82, 2.24) is 0 Å². The van der Waals surface area contributed by atoms with Crippen LogP contribution in [0.3, 0.4) is 0 Å². The summed E-state index contributed by atoms with van der Waals surface area (Å²) in [6.45, 7) is 6.59. The highest BCUT2D eigenvalue weighted by atomic mass is 79.9. The summed E-state index contributed by atoms with van der Waals surface area (Å²) in [7, 11) is 0. The molecule has 0 spiro atoms. The molecule has 0 amide bonds. The van der Waals surface area contributed by atoms with E-state index in [1.165, 1.54) is 12.1 Å². The summed E-state index contributed by atoms with van der Waals surface area (Å²) < 4.78 is 19.8. The zero-order valence-corrected chi connectivity index (χ0v) is 14.0. The van der Waals surface area contributed by atoms with Crippen molar-refractivity contribution < 1.29 is 9.13 Å². The zero-order chi connectivity index (χ0) is 15.4. The Morgan fingerprint density at radius 3 is 2.62 bits per heavy atom. The van der Waals surface area contributed by atoms with E-state index in [1.54, 1.807) is 6.07 Å². The van der Waals surface area contributed by atoms with E-state index in [9.17, 15) is 4.39 Å². The van der Waals surface area contributed by atoms with Gasteiger partial charge in [0.2, 0.25) is 0 Å². The number of aryl methyl sites for hydroxylation is 1. The van der Waals surface area contributed by atoms with Gasteiger partial charge >= 0.3 is 0 Å². The fourth-order valence-corrected chi connectivity index (χ4v) is 2.44. The molecule has 0 unspecified atom stereocenters. The molecule has 0 bridgehead atoms. The van der Waals surface area contributed by atoms with E-state index < -0.39 is 0 Å². The molecule has 21 heavy (non-hydrogen) atoms. The van der Waals surface area contributed by atoms with E-state index in [0.717, 1.165) is 27.0 Å². The van der Waals surface area contributed by atoms with Gasteiger partial charge in [0.15, 0.2) is 0 Å². The average Bonchev–Trinajstić information content (AvgIpc) is 2.41. The predicted molar refractivity (Wildman–Crippen MR) is 88.4 cm³/mol. The first-order valence-electron chi connectivity index (χ1n) is 6.91.